The first-order valence-corrected chi connectivity index (χ1v) is 9.56. The summed E-state index contributed by atoms with van der Waals surface area (Å²) in [4.78, 5) is 41.6. The summed E-state index contributed by atoms with van der Waals surface area (Å²) in [6.07, 6.45) is 2.67. The number of nitrogens with one attached hydrogen (secondary N) is 2. The van der Waals surface area contributed by atoms with Gasteiger partial charge in [-0.05, 0) is 45.2 Å². The zero-order chi connectivity index (χ0) is 21.9. The molecular formula is C21H27FN4O3. The van der Waals surface area contributed by atoms with Crippen molar-refractivity contribution in [3.8, 4) is 0 Å². The van der Waals surface area contributed by atoms with Crippen LogP contribution in [-0.2, 0) is 11.8 Å². The van der Waals surface area contributed by atoms with Crippen LogP contribution < -0.4 is 10.6 Å². The molecule has 29 heavy (non-hydrogen) atoms. The van der Waals surface area contributed by atoms with Gasteiger partial charge in [-0.15, -0.1) is 0 Å². The van der Waals surface area contributed by atoms with Gasteiger partial charge in [0, 0.05) is 24.3 Å². The topological polar surface area (TPSA) is 93.1 Å². The van der Waals surface area contributed by atoms with Crippen molar-refractivity contribution in [3.63, 3.8) is 0 Å². The molecule has 0 aliphatic carbocycles. The van der Waals surface area contributed by atoms with Gasteiger partial charge in [0.05, 0.1) is 23.1 Å². The molecule has 2 N–H and O–H groups in total. The second-order valence-corrected chi connectivity index (χ2v) is 7.09. The number of amides is 2. The van der Waals surface area contributed by atoms with Gasteiger partial charge in [-0.3, -0.25) is 14.4 Å². The maximum atomic E-state index is 13.3. The molecule has 0 saturated carbocycles. The molecule has 2 rings (SSSR count). The Balaban J connectivity index is 2.33. The number of pyridine rings is 1. The molecule has 0 bridgehead atoms. The highest BCUT2D eigenvalue weighted by Gasteiger charge is 2.29. The van der Waals surface area contributed by atoms with Gasteiger partial charge < -0.3 is 15.2 Å². The fraction of sp³-hybridized carbons (Fsp3) is 0.429. The lowest BCUT2D eigenvalue weighted by molar-refractivity contribution is -0.117. The Hall–Kier alpha value is -3.03. The van der Waals surface area contributed by atoms with Crippen molar-refractivity contribution in [2.24, 2.45) is 7.05 Å². The Morgan fingerprint density at radius 1 is 1.17 bits per heavy atom. The minimum Gasteiger partial charge on any atom is -0.346 e. The van der Waals surface area contributed by atoms with Crippen LogP contribution in [0.2, 0.25) is 0 Å². The lowest BCUT2D eigenvalue weighted by Crippen LogP contribution is -2.39. The van der Waals surface area contributed by atoms with Crippen LogP contribution in [0.4, 0.5) is 10.1 Å². The van der Waals surface area contributed by atoms with Crippen LogP contribution in [0, 0.1) is 26.7 Å². The van der Waals surface area contributed by atoms with E-state index in [4.69, 9.17) is 0 Å². The number of Topliss-reactive ketones (excluding diaryl/α,β-unsaturated/α-hetero) is 1. The van der Waals surface area contributed by atoms with E-state index >= 15 is 0 Å². The fourth-order valence-corrected chi connectivity index (χ4v) is 3.31. The SMILES string of the molecule is CCC(CC)NC(=O)C(=O)c1c(C)c(C(=O)Nc2cnc(F)c(C)c2)c(C)n1C. The first-order valence-electron chi connectivity index (χ1n) is 9.56. The summed E-state index contributed by atoms with van der Waals surface area (Å²) in [6, 6.07) is 1.40. The van der Waals surface area contributed by atoms with E-state index in [2.05, 4.69) is 15.6 Å². The number of halogens is 1. The first-order chi connectivity index (χ1) is 13.6. The van der Waals surface area contributed by atoms with E-state index in [9.17, 15) is 18.8 Å². The average molecular weight is 402 g/mol. The zero-order valence-electron chi connectivity index (χ0n) is 17.6. The number of aryl methyl sites for hydroxylation is 1. The molecule has 8 heteroatoms. The molecule has 2 heterocycles. The van der Waals surface area contributed by atoms with Crippen LogP contribution in [-0.4, -0.2) is 33.2 Å². The van der Waals surface area contributed by atoms with Gasteiger partial charge in [0.2, 0.25) is 5.95 Å². The summed E-state index contributed by atoms with van der Waals surface area (Å²) in [7, 11) is 1.64. The van der Waals surface area contributed by atoms with E-state index in [0.29, 0.717) is 28.1 Å². The Morgan fingerprint density at radius 3 is 2.34 bits per heavy atom. The highest BCUT2D eigenvalue weighted by molar-refractivity contribution is 6.43. The molecule has 2 aromatic heterocycles. The van der Waals surface area contributed by atoms with E-state index < -0.39 is 23.5 Å². The number of ketones is 1. The molecule has 156 valence electrons. The van der Waals surface area contributed by atoms with Gasteiger partial charge in [-0.25, -0.2) is 4.98 Å². The standard InChI is InChI=1S/C21H27FN4O3/c1-7-14(8-2)24-21(29)18(27)17-12(4)16(13(5)26(17)6)20(28)25-15-9-11(3)19(22)23-10-15/h9-10,14H,7-8H2,1-6H3,(H,24,29)(H,25,28). The summed E-state index contributed by atoms with van der Waals surface area (Å²) in [5, 5.41) is 5.41. The second kappa shape index (κ2) is 8.98. The lowest BCUT2D eigenvalue weighted by Gasteiger charge is -2.14. The molecule has 0 atom stereocenters. The third kappa shape index (κ3) is 4.52. The van der Waals surface area contributed by atoms with Gasteiger partial charge in [0.15, 0.2) is 0 Å². The Morgan fingerprint density at radius 2 is 1.79 bits per heavy atom. The van der Waals surface area contributed by atoms with Gasteiger partial charge in [0.1, 0.15) is 0 Å². The Kier molecular flexibility index (Phi) is 6.89. The number of anilines is 1. The van der Waals surface area contributed by atoms with Crippen LogP contribution in [0.15, 0.2) is 12.3 Å². The zero-order valence-corrected chi connectivity index (χ0v) is 17.6. The quantitative estimate of drug-likeness (QED) is 0.422. The maximum absolute atomic E-state index is 13.3. The molecule has 2 aromatic rings. The highest BCUT2D eigenvalue weighted by atomic mass is 19.1. The molecule has 7 nitrogen and oxygen atoms in total. The maximum Gasteiger partial charge on any atom is 0.294 e. The van der Waals surface area contributed by atoms with Crippen molar-refractivity contribution in [3.05, 3.63) is 46.3 Å². The highest BCUT2D eigenvalue weighted by Crippen LogP contribution is 2.23. The minimum atomic E-state index is -0.687. The van der Waals surface area contributed by atoms with Crippen molar-refractivity contribution in [1.82, 2.24) is 14.9 Å². The predicted molar refractivity (Wildman–Crippen MR) is 109 cm³/mol. The normalized spacial score (nSPS) is 10.9. The van der Waals surface area contributed by atoms with Crippen LogP contribution in [0.3, 0.4) is 0 Å². The fourth-order valence-electron chi connectivity index (χ4n) is 3.31. The molecule has 0 spiro atoms. The van der Waals surface area contributed by atoms with E-state index in [-0.39, 0.29) is 11.7 Å². The van der Waals surface area contributed by atoms with Crippen LogP contribution in [0.1, 0.15) is 64.4 Å². The summed E-state index contributed by atoms with van der Waals surface area (Å²) >= 11 is 0. The van der Waals surface area contributed by atoms with Crippen molar-refractivity contribution in [1.29, 1.82) is 0 Å². The number of aromatic nitrogens is 2. The average Bonchev–Trinajstić information content (AvgIpc) is 2.90. The van der Waals surface area contributed by atoms with Crippen molar-refractivity contribution < 1.29 is 18.8 Å². The van der Waals surface area contributed by atoms with Crippen molar-refractivity contribution in [2.45, 2.75) is 53.5 Å². The van der Waals surface area contributed by atoms with Crippen molar-refractivity contribution in [2.75, 3.05) is 5.32 Å². The van der Waals surface area contributed by atoms with E-state index in [1.807, 2.05) is 13.8 Å². The smallest absolute Gasteiger partial charge is 0.294 e. The summed E-state index contributed by atoms with van der Waals surface area (Å²) in [5.74, 6) is -2.43. The number of hydrogen-bond acceptors (Lipinski definition) is 4. The van der Waals surface area contributed by atoms with E-state index in [0.717, 1.165) is 12.8 Å². The summed E-state index contributed by atoms with van der Waals surface area (Å²) in [5.41, 5.74) is 2.08. The minimum absolute atomic E-state index is 0.0786. The van der Waals surface area contributed by atoms with Gasteiger partial charge in [-0.2, -0.15) is 4.39 Å². The lowest BCUT2D eigenvalue weighted by atomic mass is 10.1. The van der Waals surface area contributed by atoms with Gasteiger partial charge in [0.25, 0.3) is 17.6 Å². The predicted octanol–water partition coefficient (Wildman–Crippen LogP) is 3.22. The number of hydrogen-bond donors (Lipinski definition) is 2. The van der Waals surface area contributed by atoms with E-state index in [1.165, 1.54) is 12.3 Å². The summed E-state index contributed by atoms with van der Waals surface area (Å²) < 4.78 is 14.9. The third-order valence-electron chi connectivity index (χ3n) is 5.17. The molecular weight excluding hydrogens is 375 g/mol. The second-order valence-electron chi connectivity index (χ2n) is 7.09. The first kappa shape index (κ1) is 22.3. The molecule has 0 aliphatic heterocycles. The molecule has 0 aromatic carbocycles. The third-order valence-corrected chi connectivity index (χ3v) is 5.17. The van der Waals surface area contributed by atoms with Crippen LogP contribution in [0.5, 0.6) is 0 Å². The largest absolute Gasteiger partial charge is 0.346 e. The molecule has 0 unspecified atom stereocenters. The summed E-state index contributed by atoms with van der Waals surface area (Å²) in [6.45, 7) is 8.75. The van der Waals surface area contributed by atoms with Gasteiger partial charge in [-0.1, -0.05) is 13.8 Å². The Labute approximate surface area is 169 Å². The molecule has 0 fully saturated rings. The molecule has 2 amide bonds. The number of nitrogens with zero attached hydrogens (tertiary/aromatic N) is 2. The number of rotatable bonds is 7. The number of carbonyl (C=O) groups is 3. The molecule has 0 radical (unpaired) electrons. The van der Waals surface area contributed by atoms with Gasteiger partial charge >= 0.3 is 0 Å². The molecule has 0 saturated heterocycles. The molecule has 0 aliphatic rings. The number of carbonyl (C=O) groups excluding carboxylic acids is 3. The van der Waals surface area contributed by atoms with E-state index in [1.54, 1.807) is 32.4 Å². The Bertz CT molecular complexity index is 961. The van der Waals surface area contributed by atoms with Crippen LogP contribution in [0.25, 0.3) is 0 Å². The monoisotopic (exact) mass is 402 g/mol. The van der Waals surface area contributed by atoms with Crippen molar-refractivity contribution >= 4 is 23.3 Å². The van der Waals surface area contributed by atoms with Crippen LogP contribution >= 0.6 is 0 Å².